The van der Waals surface area contributed by atoms with Crippen molar-refractivity contribution in [2.75, 3.05) is 0 Å². The zero-order chi connectivity index (χ0) is 16.7. The van der Waals surface area contributed by atoms with Crippen molar-refractivity contribution >= 4 is 23.0 Å². The van der Waals surface area contributed by atoms with Crippen molar-refractivity contribution in [2.24, 2.45) is 0 Å². The van der Waals surface area contributed by atoms with Crippen molar-refractivity contribution in [3.05, 3.63) is 76.4 Å². The Hall–Kier alpha value is -2.13. The van der Waals surface area contributed by atoms with E-state index in [2.05, 4.69) is 73.0 Å². The third kappa shape index (κ3) is 2.63. The van der Waals surface area contributed by atoms with E-state index in [1.54, 1.807) is 0 Å². The molecule has 2 N–H and O–H groups in total. The molecule has 0 spiro atoms. The van der Waals surface area contributed by atoms with E-state index in [9.17, 15) is 0 Å². The Bertz CT molecular complexity index is 818. The number of aryl methyl sites for hydroxylation is 1. The lowest BCUT2D eigenvalue weighted by Crippen LogP contribution is -2.44. The van der Waals surface area contributed by atoms with Gasteiger partial charge in [-0.3, -0.25) is 0 Å². The first-order valence-electron chi connectivity index (χ1n) is 8.62. The summed E-state index contributed by atoms with van der Waals surface area (Å²) < 4.78 is 0. The van der Waals surface area contributed by atoms with E-state index in [1.165, 1.54) is 33.5 Å². The van der Waals surface area contributed by atoms with Crippen LogP contribution in [0.3, 0.4) is 0 Å². The molecule has 0 amide bonds. The molecule has 0 aromatic heterocycles. The largest absolute Gasteiger partial charge is 0.352 e. The van der Waals surface area contributed by atoms with Gasteiger partial charge in [0.1, 0.15) is 0 Å². The fourth-order valence-electron chi connectivity index (χ4n) is 3.71. The molecule has 24 heavy (non-hydrogen) atoms. The molecule has 0 saturated heterocycles. The van der Waals surface area contributed by atoms with Crippen molar-refractivity contribution in [1.82, 2.24) is 10.6 Å². The first kappa shape index (κ1) is 15.4. The van der Waals surface area contributed by atoms with Gasteiger partial charge in [0.15, 0.2) is 5.11 Å². The second kappa shape index (κ2) is 6.06. The fourth-order valence-corrected chi connectivity index (χ4v) is 3.93. The summed E-state index contributed by atoms with van der Waals surface area (Å²) >= 11 is 5.49. The molecule has 2 nitrogen and oxygen atoms in total. The summed E-state index contributed by atoms with van der Waals surface area (Å²) in [6.45, 7) is 4.46. The van der Waals surface area contributed by atoms with Crippen LogP contribution in [0.15, 0.2) is 54.1 Å². The van der Waals surface area contributed by atoms with Gasteiger partial charge < -0.3 is 10.6 Å². The molecular weight excluding hydrogens is 312 g/mol. The molecule has 1 aliphatic carbocycles. The molecule has 3 heteroatoms. The summed E-state index contributed by atoms with van der Waals surface area (Å²) in [5.74, 6) is 0.553. The minimum Gasteiger partial charge on any atom is -0.352 e. The molecule has 0 bridgehead atoms. The number of fused-ring (bicyclic) bond motifs is 2. The number of rotatable bonds is 2. The lowest BCUT2D eigenvalue weighted by atomic mass is 9.82. The molecule has 0 saturated carbocycles. The van der Waals surface area contributed by atoms with E-state index >= 15 is 0 Å². The molecule has 2 aromatic carbocycles. The van der Waals surface area contributed by atoms with Crippen LogP contribution in [0.4, 0.5) is 0 Å². The summed E-state index contributed by atoms with van der Waals surface area (Å²) in [6.07, 6.45) is 2.15. The first-order valence-corrected chi connectivity index (χ1v) is 9.03. The van der Waals surface area contributed by atoms with Gasteiger partial charge >= 0.3 is 0 Å². The summed E-state index contributed by atoms with van der Waals surface area (Å²) in [5, 5.41) is 7.59. The van der Waals surface area contributed by atoms with E-state index in [-0.39, 0.29) is 6.04 Å². The van der Waals surface area contributed by atoms with Crippen molar-refractivity contribution in [1.29, 1.82) is 0 Å². The predicted molar refractivity (Wildman–Crippen MR) is 104 cm³/mol. The SMILES string of the molecule is CC(C)c1ccc(C2NC(=S)NC3=C2CCc2ccccc23)cc1. The van der Waals surface area contributed by atoms with Crippen molar-refractivity contribution in [3.8, 4) is 0 Å². The van der Waals surface area contributed by atoms with Crippen molar-refractivity contribution in [2.45, 2.75) is 38.6 Å². The van der Waals surface area contributed by atoms with Crippen LogP contribution in [0.2, 0.25) is 0 Å². The van der Waals surface area contributed by atoms with Crippen LogP contribution in [-0.4, -0.2) is 5.11 Å². The van der Waals surface area contributed by atoms with Gasteiger partial charge in [-0.25, -0.2) is 0 Å². The maximum atomic E-state index is 5.49. The van der Waals surface area contributed by atoms with Gasteiger partial charge in [-0.15, -0.1) is 0 Å². The standard InChI is InChI=1S/C21H22N2S/c1-13(2)14-7-9-16(10-8-14)19-18-12-11-15-5-3-4-6-17(15)20(18)23-21(24)22-19/h3-10,13,19H,11-12H2,1-2H3,(H2,22,23,24). The number of nitrogens with one attached hydrogen (secondary N) is 2. The van der Waals surface area contributed by atoms with Crippen LogP contribution in [0.5, 0.6) is 0 Å². The van der Waals surface area contributed by atoms with Crippen LogP contribution in [0, 0.1) is 0 Å². The average molecular weight is 334 g/mol. The predicted octanol–water partition coefficient (Wildman–Crippen LogP) is 4.69. The van der Waals surface area contributed by atoms with E-state index in [0.29, 0.717) is 11.0 Å². The maximum absolute atomic E-state index is 5.49. The number of benzene rings is 2. The van der Waals surface area contributed by atoms with Gasteiger partial charge in [0.05, 0.1) is 6.04 Å². The minimum absolute atomic E-state index is 0.170. The van der Waals surface area contributed by atoms with Gasteiger partial charge in [-0.05, 0) is 53.2 Å². The third-order valence-electron chi connectivity index (χ3n) is 5.07. The molecule has 122 valence electrons. The van der Waals surface area contributed by atoms with Crippen LogP contribution in [-0.2, 0) is 6.42 Å². The Labute approximate surface area is 149 Å². The molecule has 1 unspecified atom stereocenters. The number of hydrogen-bond donors (Lipinski definition) is 2. The van der Waals surface area contributed by atoms with Crippen molar-refractivity contribution in [3.63, 3.8) is 0 Å². The Balaban J connectivity index is 1.77. The van der Waals surface area contributed by atoms with Crippen molar-refractivity contribution < 1.29 is 0 Å². The Morgan fingerprint density at radius 2 is 1.75 bits per heavy atom. The van der Waals surface area contributed by atoms with E-state index < -0.39 is 0 Å². The number of hydrogen-bond acceptors (Lipinski definition) is 1. The minimum atomic E-state index is 0.170. The zero-order valence-corrected chi connectivity index (χ0v) is 14.9. The normalized spacial score (nSPS) is 19.5. The van der Waals surface area contributed by atoms with E-state index in [0.717, 1.165) is 12.8 Å². The van der Waals surface area contributed by atoms with Crippen LogP contribution < -0.4 is 10.6 Å². The monoisotopic (exact) mass is 334 g/mol. The third-order valence-corrected chi connectivity index (χ3v) is 5.29. The molecule has 0 fully saturated rings. The molecule has 1 heterocycles. The first-order chi connectivity index (χ1) is 11.6. The zero-order valence-electron chi connectivity index (χ0n) is 14.1. The lowest BCUT2D eigenvalue weighted by molar-refractivity contribution is 0.666. The average Bonchev–Trinajstić information content (AvgIpc) is 2.61. The summed E-state index contributed by atoms with van der Waals surface area (Å²) in [7, 11) is 0. The molecule has 1 aliphatic heterocycles. The molecule has 1 atom stereocenters. The van der Waals surface area contributed by atoms with E-state index in [1.807, 2.05) is 0 Å². The molecule has 2 aliphatic rings. The quantitative estimate of drug-likeness (QED) is 0.779. The molecule has 2 aromatic rings. The highest BCUT2D eigenvalue weighted by Gasteiger charge is 2.30. The summed E-state index contributed by atoms with van der Waals surface area (Å²) in [6, 6.07) is 17.8. The highest BCUT2D eigenvalue weighted by Crippen LogP contribution is 2.38. The molecular formula is C21H22N2S. The van der Waals surface area contributed by atoms with Gasteiger partial charge in [-0.2, -0.15) is 0 Å². The summed E-state index contributed by atoms with van der Waals surface area (Å²) in [5.41, 5.74) is 7.99. The second-order valence-corrected chi connectivity index (χ2v) is 7.32. The lowest BCUT2D eigenvalue weighted by Gasteiger charge is -2.35. The van der Waals surface area contributed by atoms with Crippen LogP contribution in [0.1, 0.15) is 54.5 Å². The maximum Gasteiger partial charge on any atom is 0.171 e. The summed E-state index contributed by atoms with van der Waals surface area (Å²) in [4.78, 5) is 0. The van der Waals surface area contributed by atoms with Gasteiger partial charge in [0.2, 0.25) is 0 Å². The van der Waals surface area contributed by atoms with Gasteiger partial charge in [-0.1, -0.05) is 62.4 Å². The van der Waals surface area contributed by atoms with E-state index in [4.69, 9.17) is 12.2 Å². The molecule has 4 rings (SSSR count). The highest BCUT2D eigenvalue weighted by atomic mass is 32.1. The van der Waals surface area contributed by atoms with Gasteiger partial charge in [0, 0.05) is 11.3 Å². The fraction of sp³-hybridized carbons (Fsp3) is 0.286. The van der Waals surface area contributed by atoms with Crippen LogP contribution in [0.25, 0.3) is 5.70 Å². The Morgan fingerprint density at radius 3 is 2.50 bits per heavy atom. The second-order valence-electron chi connectivity index (χ2n) is 6.91. The molecule has 0 radical (unpaired) electrons. The Morgan fingerprint density at radius 1 is 1.00 bits per heavy atom. The topological polar surface area (TPSA) is 24.1 Å². The smallest absolute Gasteiger partial charge is 0.171 e. The number of thiocarbonyl (C=S) groups is 1. The van der Waals surface area contributed by atoms with Gasteiger partial charge in [0.25, 0.3) is 0 Å². The highest BCUT2D eigenvalue weighted by molar-refractivity contribution is 7.80. The van der Waals surface area contributed by atoms with Crippen LogP contribution >= 0.6 is 12.2 Å². The Kier molecular flexibility index (Phi) is 3.89.